The fraction of sp³-hybridized carbons (Fsp3) is 1.00. The number of aliphatic hydroxyl groups is 1. The lowest BCUT2D eigenvalue weighted by atomic mass is 9.89. The smallest absolute Gasteiger partial charge is 0.367 e. The van der Waals surface area contributed by atoms with E-state index in [9.17, 15) is 14.2 Å². The van der Waals surface area contributed by atoms with Crippen LogP contribution in [0.25, 0.3) is 0 Å². The first kappa shape index (κ1) is 18.3. The van der Waals surface area contributed by atoms with Crippen LogP contribution in [0.15, 0.2) is 0 Å². The minimum Gasteiger partial charge on any atom is -0.367 e. The maximum atomic E-state index is 12.8. The molecule has 1 N–H and O–H groups in total. The largest absolute Gasteiger partial charge is 0.374 e. The molecule has 0 aliphatic heterocycles. The van der Waals surface area contributed by atoms with Gasteiger partial charge in [-0.25, -0.2) is 0 Å². The molecule has 0 amide bonds. The van der Waals surface area contributed by atoms with Crippen LogP contribution in [-0.4, -0.2) is 38.6 Å². The second-order valence-electron chi connectivity index (χ2n) is 4.75. The Kier molecular flexibility index (Phi) is 6.42. The predicted octanol–water partition coefficient (Wildman–Crippen LogP) is 3.18. The summed E-state index contributed by atoms with van der Waals surface area (Å²) >= 11 is 0. The van der Waals surface area contributed by atoms with E-state index in [4.69, 9.17) is 18.1 Å². The Balaban J connectivity index is 3.39. The molecule has 1 aliphatic carbocycles. The maximum Gasteiger partial charge on any atom is 0.374 e. The van der Waals surface area contributed by atoms with Crippen molar-refractivity contribution in [2.75, 3.05) is 28.4 Å². The zero-order chi connectivity index (χ0) is 15.4. The van der Waals surface area contributed by atoms with Gasteiger partial charge in [0.1, 0.15) is 0 Å². The van der Waals surface area contributed by atoms with Crippen molar-refractivity contribution in [2.24, 2.45) is 5.92 Å². The summed E-state index contributed by atoms with van der Waals surface area (Å²) in [6, 6.07) is 0. The zero-order valence-corrected chi connectivity index (χ0v) is 14.2. The van der Waals surface area contributed by atoms with Crippen molar-refractivity contribution in [3.63, 3.8) is 0 Å². The third kappa shape index (κ3) is 2.78. The molecule has 9 heteroatoms. The molecule has 0 aromatic heterocycles. The Hall–Kier alpha value is 0.260. The van der Waals surface area contributed by atoms with Gasteiger partial charge in [0.25, 0.3) is 5.08 Å². The molecule has 120 valence electrons. The minimum absolute atomic E-state index is 0.535. The lowest BCUT2D eigenvalue weighted by molar-refractivity contribution is 0.0449. The van der Waals surface area contributed by atoms with Gasteiger partial charge in [0.2, 0.25) is 0 Å². The minimum atomic E-state index is -4.08. The highest BCUT2D eigenvalue weighted by atomic mass is 31.2. The molecule has 1 fully saturated rings. The molecular formula is C11H24O7P2. The molecule has 0 spiro atoms. The second-order valence-corrected chi connectivity index (χ2v) is 9.91. The van der Waals surface area contributed by atoms with Crippen LogP contribution < -0.4 is 0 Å². The third-order valence-electron chi connectivity index (χ3n) is 3.92. The molecule has 20 heavy (non-hydrogen) atoms. The molecule has 0 bridgehead atoms. The highest BCUT2D eigenvalue weighted by Crippen LogP contribution is 2.79. The molecule has 0 atom stereocenters. The van der Waals surface area contributed by atoms with E-state index in [1.54, 1.807) is 0 Å². The van der Waals surface area contributed by atoms with Crippen molar-refractivity contribution in [2.45, 2.75) is 37.2 Å². The Morgan fingerprint density at radius 1 is 0.850 bits per heavy atom. The first-order chi connectivity index (χ1) is 9.35. The van der Waals surface area contributed by atoms with Crippen molar-refractivity contribution in [1.82, 2.24) is 0 Å². The van der Waals surface area contributed by atoms with Crippen molar-refractivity contribution < 1.29 is 32.3 Å². The van der Waals surface area contributed by atoms with E-state index in [0.29, 0.717) is 12.8 Å². The van der Waals surface area contributed by atoms with Crippen LogP contribution in [0.2, 0.25) is 0 Å². The normalized spacial score (nSPS) is 19.2. The van der Waals surface area contributed by atoms with Crippen LogP contribution in [0.5, 0.6) is 0 Å². The number of hydrogen-bond donors (Lipinski definition) is 1. The molecule has 1 saturated carbocycles. The first-order valence-electron chi connectivity index (χ1n) is 6.50. The molecule has 0 aromatic rings. The Morgan fingerprint density at radius 2 is 1.20 bits per heavy atom. The molecule has 7 nitrogen and oxygen atoms in total. The van der Waals surface area contributed by atoms with Gasteiger partial charge in [-0.1, -0.05) is 19.3 Å². The molecule has 0 heterocycles. The summed E-state index contributed by atoms with van der Waals surface area (Å²) in [5.41, 5.74) is 0. The van der Waals surface area contributed by atoms with Crippen molar-refractivity contribution in [1.29, 1.82) is 0 Å². The Bertz CT molecular complexity index is 364. The molecule has 1 rings (SSSR count). The van der Waals surface area contributed by atoms with Gasteiger partial charge in [-0.15, -0.1) is 0 Å². The number of hydrogen-bond acceptors (Lipinski definition) is 7. The quantitative estimate of drug-likeness (QED) is 0.717. The predicted molar refractivity (Wildman–Crippen MR) is 74.8 cm³/mol. The van der Waals surface area contributed by atoms with E-state index >= 15 is 0 Å². The summed E-state index contributed by atoms with van der Waals surface area (Å²) in [7, 11) is -3.58. The zero-order valence-electron chi connectivity index (χ0n) is 12.4. The monoisotopic (exact) mass is 330 g/mol. The third-order valence-corrected chi connectivity index (χ3v) is 9.66. The van der Waals surface area contributed by atoms with E-state index in [2.05, 4.69) is 0 Å². The molecule has 1 aliphatic rings. The average molecular weight is 330 g/mol. The summed E-state index contributed by atoms with van der Waals surface area (Å²) in [5.74, 6) is -0.535. The summed E-state index contributed by atoms with van der Waals surface area (Å²) in [6.45, 7) is 0. The van der Waals surface area contributed by atoms with Crippen LogP contribution in [0, 0.1) is 5.92 Å². The van der Waals surface area contributed by atoms with Crippen molar-refractivity contribution in [3.8, 4) is 0 Å². The summed E-state index contributed by atoms with van der Waals surface area (Å²) in [4.78, 5) is 0. The highest BCUT2D eigenvalue weighted by molar-refractivity contribution is 7.73. The second kappa shape index (κ2) is 7.01. The molecule has 0 aromatic carbocycles. The highest BCUT2D eigenvalue weighted by Gasteiger charge is 2.67. The van der Waals surface area contributed by atoms with Crippen molar-refractivity contribution >= 4 is 15.2 Å². The molecule has 0 radical (unpaired) electrons. The van der Waals surface area contributed by atoms with Gasteiger partial charge in [-0.3, -0.25) is 9.13 Å². The first-order valence-corrected chi connectivity index (χ1v) is 9.59. The fourth-order valence-electron chi connectivity index (χ4n) is 2.77. The van der Waals surface area contributed by atoms with Gasteiger partial charge in [-0.05, 0) is 12.8 Å². The summed E-state index contributed by atoms with van der Waals surface area (Å²) < 4.78 is 45.2. The lowest BCUT2D eigenvalue weighted by Crippen LogP contribution is -2.40. The van der Waals surface area contributed by atoms with E-state index < -0.39 is 26.2 Å². The van der Waals surface area contributed by atoms with Gasteiger partial charge in [0.05, 0.1) is 0 Å². The standard InChI is InChI=1S/C11H24O7P2/c1-15-19(13,16-2)11(12,20(14,17-3)18-4)10-8-6-5-7-9-10/h10,12H,5-9H2,1-4H3. The maximum absolute atomic E-state index is 12.8. The molecule has 0 saturated heterocycles. The fourth-order valence-corrected chi connectivity index (χ4v) is 7.74. The molecule has 0 unspecified atom stereocenters. The van der Waals surface area contributed by atoms with Crippen LogP contribution in [0.4, 0.5) is 0 Å². The van der Waals surface area contributed by atoms with Gasteiger partial charge in [-0.2, -0.15) is 0 Å². The van der Waals surface area contributed by atoms with Crippen molar-refractivity contribution in [3.05, 3.63) is 0 Å². The van der Waals surface area contributed by atoms with E-state index in [1.165, 1.54) is 0 Å². The van der Waals surface area contributed by atoms with E-state index in [-0.39, 0.29) is 0 Å². The average Bonchev–Trinajstić information content (AvgIpc) is 2.53. The topological polar surface area (TPSA) is 91.3 Å². The summed E-state index contributed by atoms with van der Waals surface area (Å²) in [5, 5.41) is 8.75. The Morgan fingerprint density at radius 3 is 1.50 bits per heavy atom. The van der Waals surface area contributed by atoms with Crippen LogP contribution in [0.3, 0.4) is 0 Å². The van der Waals surface area contributed by atoms with Gasteiger partial charge in [0, 0.05) is 34.4 Å². The van der Waals surface area contributed by atoms with Crippen LogP contribution >= 0.6 is 15.2 Å². The van der Waals surface area contributed by atoms with Gasteiger partial charge < -0.3 is 23.2 Å². The lowest BCUT2D eigenvalue weighted by Gasteiger charge is -2.42. The van der Waals surface area contributed by atoms with E-state index in [0.717, 1.165) is 47.7 Å². The molecular weight excluding hydrogens is 306 g/mol. The van der Waals surface area contributed by atoms with Gasteiger partial charge >= 0.3 is 15.2 Å². The van der Waals surface area contributed by atoms with Crippen LogP contribution in [0.1, 0.15) is 32.1 Å². The van der Waals surface area contributed by atoms with Gasteiger partial charge in [0.15, 0.2) is 0 Å². The SMILES string of the molecule is COP(=O)(OC)C(O)(C1CCCCC1)P(=O)(OC)OC. The number of rotatable bonds is 7. The van der Waals surface area contributed by atoms with Crippen LogP contribution in [-0.2, 0) is 27.2 Å². The summed E-state index contributed by atoms with van der Waals surface area (Å²) in [6.07, 6.45) is 3.82. The Labute approximate surface area is 120 Å². The van der Waals surface area contributed by atoms with E-state index in [1.807, 2.05) is 0 Å².